The summed E-state index contributed by atoms with van der Waals surface area (Å²) in [6, 6.07) is 5.93. The number of primary sulfonamides is 1. The molecule has 0 aliphatic carbocycles. The number of hydrogen-bond donors (Lipinski definition) is 2. The van der Waals surface area contributed by atoms with Crippen LogP contribution in [0.25, 0.3) is 0 Å². The smallest absolute Gasteiger partial charge is 0.257 e. The van der Waals surface area contributed by atoms with Gasteiger partial charge in [-0.15, -0.1) is 0 Å². The van der Waals surface area contributed by atoms with Gasteiger partial charge in [0.05, 0.1) is 5.56 Å². The van der Waals surface area contributed by atoms with Crippen molar-refractivity contribution in [1.29, 1.82) is 0 Å². The Hall–Kier alpha value is -2.32. The molecule has 0 unspecified atom stereocenters. The van der Waals surface area contributed by atoms with Crippen molar-refractivity contribution in [1.82, 2.24) is 9.97 Å². The number of rotatable bonds is 3. The van der Waals surface area contributed by atoms with E-state index in [1.165, 1.54) is 18.3 Å². The van der Waals surface area contributed by atoms with Gasteiger partial charge in [0.1, 0.15) is 0 Å². The molecule has 8 heteroatoms. The largest absolute Gasteiger partial charge is 0.322 e. The normalized spacial score (nSPS) is 11.1. The fraction of sp³-hybridized carbons (Fsp3) is 0.0833. The minimum Gasteiger partial charge on any atom is -0.322 e. The van der Waals surface area contributed by atoms with Crippen molar-refractivity contribution < 1.29 is 13.2 Å². The summed E-state index contributed by atoms with van der Waals surface area (Å²) in [5.41, 5.74) is 1.27. The van der Waals surface area contributed by atoms with Crippen molar-refractivity contribution in [2.75, 3.05) is 5.32 Å². The molecule has 0 radical (unpaired) electrons. The van der Waals surface area contributed by atoms with E-state index in [4.69, 9.17) is 5.14 Å². The van der Waals surface area contributed by atoms with Crippen molar-refractivity contribution >= 4 is 21.6 Å². The number of carbonyl (C=O) groups is 1. The third-order valence-corrected chi connectivity index (χ3v) is 3.34. The minimum absolute atomic E-state index is 0.289. The fourth-order valence-corrected chi connectivity index (χ4v) is 2.06. The van der Waals surface area contributed by atoms with Gasteiger partial charge in [0.15, 0.2) is 5.03 Å². The van der Waals surface area contributed by atoms with Crippen LogP contribution in [0.4, 0.5) is 5.69 Å². The molecular weight excluding hydrogens is 280 g/mol. The first-order chi connectivity index (χ1) is 9.38. The van der Waals surface area contributed by atoms with E-state index in [0.717, 1.165) is 0 Å². The lowest BCUT2D eigenvalue weighted by Gasteiger charge is -2.07. The van der Waals surface area contributed by atoms with E-state index in [1.54, 1.807) is 25.3 Å². The highest BCUT2D eigenvalue weighted by Crippen LogP contribution is 2.13. The number of anilines is 1. The predicted molar refractivity (Wildman–Crippen MR) is 72.5 cm³/mol. The number of aromatic nitrogens is 2. The summed E-state index contributed by atoms with van der Waals surface area (Å²) in [7, 11) is -3.91. The summed E-state index contributed by atoms with van der Waals surface area (Å²) in [5.74, 6) is -0.387. The number of nitrogens with two attached hydrogens (primary N) is 1. The number of carbonyl (C=O) groups excluding carboxylic acids is 1. The summed E-state index contributed by atoms with van der Waals surface area (Å²) in [5, 5.41) is 7.24. The van der Waals surface area contributed by atoms with Gasteiger partial charge in [-0.1, -0.05) is 0 Å². The molecule has 1 amide bonds. The first-order valence-electron chi connectivity index (χ1n) is 5.60. The molecule has 104 valence electrons. The Kier molecular flexibility index (Phi) is 3.77. The Labute approximate surface area is 115 Å². The monoisotopic (exact) mass is 292 g/mol. The summed E-state index contributed by atoms with van der Waals surface area (Å²) in [6.45, 7) is 1.71. The van der Waals surface area contributed by atoms with Crippen LogP contribution in [-0.2, 0) is 10.0 Å². The molecule has 2 heterocycles. The van der Waals surface area contributed by atoms with E-state index < -0.39 is 10.0 Å². The van der Waals surface area contributed by atoms with E-state index in [1.807, 2.05) is 0 Å². The zero-order valence-corrected chi connectivity index (χ0v) is 11.4. The van der Waals surface area contributed by atoms with Gasteiger partial charge in [0, 0.05) is 29.8 Å². The van der Waals surface area contributed by atoms with Crippen molar-refractivity contribution in [3.05, 3.63) is 47.9 Å². The zero-order valence-electron chi connectivity index (χ0n) is 10.6. The van der Waals surface area contributed by atoms with Crippen LogP contribution < -0.4 is 10.5 Å². The second kappa shape index (κ2) is 5.35. The molecule has 0 aromatic carbocycles. The van der Waals surface area contributed by atoms with E-state index in [0.29, 0.717) is 11.3 Å². The van der Waals surface area contributed by atoms with Gasteiger partial charge >= 0.3 is 0 Å². The Morgan fingerprint density at radius 3 is 2.65 bits per heavy atom. The maximum absolute atomic E-state index is 12.0. The molecule has 2 aromatic rings. The lowest BCUT2D eigenvalue weighted by atomic mass is 10.2. The number of amides is 1. The molecule has 0 spiro atoms. The highest BCUT2D eigenvalue weighted by atomic mass is 32.2. The molecular formula is C12H12N4O3S. The van der Waals surface area contributed by atoms with Gasteiger partial charge in [0.25, 0.3) is 15.9 Å². The van der Waals surface area contributed by atoms with Crippen LogP contribution in [-0.4, -0.2) is 24.3 Å². The van der Waals surface area contributed by atoms with E-state index in [9.17, 15) is 13.2 Å². The molecule has 0 aliphatic heterocycles. The molecule has 7 nitrogen and oxygen atoms in total. The van der Waals surface area contributed by atoms with Gasteiger partial charge in [0.2, 0.25) is 0 Å². The average molecular weight is 292 g/mol. The Morgan fingerprint density at radius 1 is 1.25 bits per heavy atom. The first kappa shape index (κ1) is 14.1. The van der Waals surface area contributed by atoms with Crippen molar-refractivity contribution in [2.45, 2.75) is 11.9 Å². The topological polar surface area (TPSA) is 115 Å². The van der Waals surface area contributed by atoms with E-state index in [-0.39, 0.29) is 16.6 Å². The lowest BCUT2D eigenvalue weighted by Crippen LogP contribution is -2.16. The summed E-state index contributed by atoms with van der Waals surface area (Å²) >= 11 is 0. The van der Waals surface area contributed by atoms with Crippen LogP contribution in [0.3, 0.4) is 0 Å². The van der Waals surface area contributed by atoms with Gasteiger partial charge < -0.3 is 5.32 Å². The van der Waals surface area contributed by atoms with Gasteiger partial charge in [-0.25, -0.2) is 18.5 Å². The number of nitrogens with one attached hydrogen (secondary N) is 1. The molecule has 20 heavy (non-hydrogen) atoms. The second-order valence-corrected chi connectivity index (χ2v) is 5.53. The van der Waals surface area contributed by atoms with Crippen molar-refractivity contribution in [3.63, 3.8) is 0 Å². The number of nitrogens with zero attached hydrogens (tertiary/aromatic N) is 2. The number of hydrogen-bond acceptors (Lipinski definition) is 5. The average Bonchev–Trinajstić information content (AvgIpc) is 2.38. The SMILES string of the molecule is Cc1ncccc1C(=O)Nc1ccnc(S(N)(=O)=O)c1. The standard InChI is InChI=1S/C12H12N4O3S/c1-8-10(3-2-5-14-8)12(17)16-9-4-6-15-11(7-9)20(13,18)19/h2-7H,1H3,(H2,13,18,19)(H,15,16,17). The molecule has 0 aliphatic rings. The third kappa shape index (κ3) is 3.16. The van der Waals surface area contributed by atoms with Crippen LogP contribution in [0.15, 0.2) is 41.7 Å². The maximum atomic E-state index is 12.0. The van der Waals surface area contributed by atoms with Crippen LogP contribution in [0.2, 0.25) is 0 Å². The van der Waals surface area contributed by atoms with Crippen LogP contribution in [0.1, 0.15) is 16.1 Å². The molecule has 0 saturated heterocycles. The van der Waals surface area contributed by atoms with Crippen LogP contribution in [0, 0.1) is 6.92 Å². The summed E-state index contributed by atoms with van der Waals surface area (Å²) in [6.07, 6.45) is 2.84. The minimum atomic E-state index is -3.91. The van der Waals surface area contributed by atoms with Crippen LogP contribution in [0.5, 0.6) is 0 Å². The highest BCUT2D eigenvalue weighted by molar-refractivity contribution is 7.89. The number of aryl methyl sites for hydroxylation is 1. The second-order valence-electron chi connectivity index (χ2n) is 4.02. The molecule has 2 rings (SSSR count). The summed E-state index contributed by atoms with van der Waals surface area (Å²) < 4.78 is 22.4. The Balaban J connectivity index is 2.27. The molecule has 0 saturated carbocycles. The quantitative estimate of drug-likeness (QED) is 0.863. The lowest BCUT2D eigenvalue weighted by molar-refractivity contribution is 0.102. The molecule has 0 atom stereocenters. The Morgan fingerprint density at radius 2 is 2.00 bits per heavy atom. The predicted octanol–water partition coefficient (Wildman–Crippen LogP) is 0.685. The summed E-state index contributed by atoms with van der Waals surface area (Å²) in [4.78, 5) is 19.7. The van der Waals surface area contributed by atoms with Crippen molar-refractivity contribution in [3.8, 4) is 0 Å². The van der Waals surface area contributed by atoms with Crippen molar-refractivity contribution in [2.24, 2.45) is 5.14 Å². The maximum Gasteiger partial charge on any atom is 0.257 e. The van der Waals surface area contributed by atoms with Gasteiger partial charge in [-0.2, -0.15) is 0 Å². The highest BCUT2D eigenvalue weighted by Gasteiger charge is 2.13. The number of sulfonamides is 1. The molecule has 2 aromatic heterocycles. The van der Waals surface area contributed by atoms with E-state index in [2.05, 4.69) is 15.3 Å². The van der Waals surface area contributed by atoms with Gasteiger partial charge in [-0.3, -0.25) is 9.78 Å². The zero-order chi connectivity index (χ0) is 14.8. The third-order valence-electron chi connectivity index (χ3n) is 2.54. The number of pyridine rings is 2. The molecule has 0 fully saturated rings. The van der Waals surface area contributed by atoms with Gasteiger partial charge in [-0.05, 0) is 25.1 Å². The van der Waals surface area contributed by atoms with E-state index >= 15 is 0 Å². The molecule has 3 N–H and O–H groups in total. The first-order valence-corrected chi connectivity index (χ1v) is 7.14. The van der Waals surface area contributed by atoms with Crippen LogP contribution >= 0.6 is 0 Å². The molecule has 0 bridgehead atoms. The fourth-order valence-electron chi connectivity index (χ4n) is 1.57. The Bertz CT molecular complexity index is 759.